The van der Waals surface area contributed by atoms with Gasteiger partial charge >= 0.3 is 0 Å². The summed E-state index contributed by atoms with van der Waals surface area (Å²) in [5.41, 5.74) is 1.52. The number of anilines is 1. The van der Waals surface area contributed by atoms with E-state index < -0.39 is 4.92 Å². The SMILES string of the molecule is CC(=O)Nc1ccccc1N=Nc1cccc(C)c1[N+](=O)[O-]. The number of carbonyl (C=O) groups excluding carboxylic acids is 1. The van der Waals surface area contributed by atoms with Crippen molar-refractivity contribution in [3.63, 3.8) is 0 Å². The zero-order valence-electron chi connectivity index (χ0n) is 12.1. The van der Waals surface area contributed by atoms with Gasteiger partial charge in [-0.15, -0.1) is 10.2 Å². The Bertz CT molecular complexity index is 756. The van der Waals surface area contributed by atoms with Crippen molar-refractivity contribution in [2.24, 2.45) is 10.2 Å². The topological polar surface area (TPSA) is 97.0 Å². The Morgan fingerprint density at radius 1 is 1.09 bits per heavy atom. The van der Waals surface area contributed by atoms with Crippen LogP contribution in [-0.2, 0) is 4.79 Å². The molecule has 0 aliphatic rings. The van der Waals surface area contributed by atoms with Crippen LogP contribution in [0.2, 0.25) is 0 Å². The Morgan fingerprint density at radius 2 is 1.73 bits per heavy atom. The molecule has 7 heteroatoms. The van der Waals surface area contributed by atoms with Crippen molar-refractivity contribution in [2.45, 2.75) is 13.8 Å². The summed E-state index contributed by atoms with van der Waals surface area (Å²) in [6.07, 6.45) is 0. The lowest BCUT2D eigenvalue weighted by atomic mass is 10.2. The molecule has 0 unspecified atom stereocenters. The van der Waals surface area contributed by atoms with E-state index in [9.17, 15) is 14.9 Å². The zero-order chi connectivity index (χ0) is 16.1. The Balaban J connectivity index is 2.40. The monoisotopic (exact) mass is 298 g/mol. The number of hydrogen-bond donors (Lipinski definition) is 1. The molecule has 1 amide bonds. The molecule has 0 saturated heterocycles. The van der Waals surface area contributed by atoms with Gasteiger partial charge in [0, 0.05) is 12.5 Å². The van der Waals surface area contributed by atoms with Crippen LogP contribution in [0.25, 0.3) is 0 Å². The molecule has 0 heterocycles. The minimum atomic E-state index is -0.483. The second-order valence-electron chi connectivity index (χ2n) is 4.60. The first-order chi connectivity index (χ1) is 10.5. The zero-order valence-corrected chi connectivity index (χ0v) is 12.1. The van der Waals surface area contributed by atoms with Crippen molar-refractivity contribution in [1.29, 1.82) is 0 Å². The first-order valence-electron chi connectivity index (χ1n) is 6.51. The van der Waals surface area contributed by atoms with Crippen LogP contribution in [0.1, 0.15) is 12.5 Å². The van der Waals surface area contributed by atoms with Crippen LogP contribution >= 0.6 is 0 Å². The molecule has 2 rings (SSSR count). The molecular formula is C15H14N4O3. The molecule has 2 aromatic carbocycles. The lowest BCUT2D eigenvalue weighted by molar-refractivity contribution is -0.384. The molecule has 0 saturated carbocycles. The summed E-state index contributed by atoms with van der Waals surface area (Å²) in [7, 11) is 0. The molecule has 0 aromatic heterocycles. The molecule has 2 aromatic rings. The van der Waals surface area contributed by atoms with Crippen molar-refractivity contribution < 1.29 is 9.72 Å². The van der Waals surface area contributed by atoms with Gasteiger partial charge in [0.25, 0.3) is 5.69 Å². The summed E-state index contributed by atoms with van der Waals surface area (Å²) in [5, 5.41) is 21.7. The third-order valence-electron chi connectivity index (χ3n) is 2.88. The van der Waals surface area contributed by atoms with Gasteiger partial charge in [-0.2, -0.15) is 0 Å². The van der Waals surface area contributed by atoms with Gasteiger partial charge in [-0.25, -0.2) is 0 Å². The summed E-state index contributed by atoms with van der Waals surface area (Å²) >= 11 is 0. The smallest absolute Gasteiger partial charge is 0.299 e. The molecule has 0 bridgehead atoms. The van der Waals surface area contributed by atoms with E-state index in [1.54, 1.807) is 43.3 Å². The van der Waals surface area contributed by atoms with Gasteiger partial charge in [0.2, 0.25) is 5.91 Å². The highest BCUT2D eigenvalue weighted by Crippen LogP contribution is 2.33. The second kappa shape index (κ2) is 6.57. The van der Waals surface area contributed by atoms with E-state index in [1.807, 2.05) is 0 Å². The van der Waals surface area contributed by atoms with E-state index in [0.29, 0.717) is 16.9 Å². The number of carbonyl (C=O) groups is 1. The molecule has 0 spiro atoms. The summed E-state index contributed by atoms with van der Waals surface area (Å²) < 4.78 is 0. The van der Waals surface area contributed by atoms with Crippen LogP contribution in [0.5, 0.6) is 0 Å². The third-order valence-corrected chi connectivity index (χ3v) is 2.88. The van der Waals surface area contributed by atoms with E-state index in [2.05, 4.69) is 15.5 Å². The minimum absolute atomic E-state index is 0.0803. The lowest BCUT2D eigenvalue weighted by Crippen LogP contribution is -2.05. The van der Waals surface area contributed by atoms with E-state index >= 15 is 0 Å². The maximum absolute atomic E-state index is 11.2. The predicted molar refractivity (Wildman–Crippen MR) is 82.8 cm³/mol. The van der Waals surface area contributed by atoms with Crippen molar-refractivity contribution in [2.75, 3.05) is 5.32 Å². The van der Waals surface area contributed by atoms with Gasteiger partial charge in [0.15, 0.2) is 5.69 Å². The molecule has 1 N–H and O–H groups in total. The molecule has 0 aliphatic heterocycles. The van der Waals surface area contributed by atoms with Gasteiger partial charge in [0.05, 0.1) is 10.6 Å². The second-order valence-corrected chi connectivity index (χ2v) is 4.60. The number of nitrogens with zero attached hydrogens (tertiary/aromatic N) is 3. The van der Waals surface area contributed by atoms with Crippen molar-refractivity contribution in [3.05, 3.63) is 58.1 Å². The summed E-state index contributed by atoms with van der Waals surface area (Å²) in [4.78, 5) is 21.8. The minimum Gasteiger partial charge on any atom is -0.324 e. The first kappa shape index (κ1) is 15.3. The molecule has 0 fully saturated rings. The van der Waals surface area contributed by atoms with Crippen LogP contribution in [0.3, 0.4) is 0 Å². The highest BCUT2D eigenvalue weighted by molar-refractivity contribution is 5.91. The molecule has 0 atom stereocenters. The van der Waals surface area contributed by atoms with Gasteiger partial charge in [0.1, 0.15) is 5.69 Å². The Labute approximate surface area is 126 Å². The van der Waals surface area contributed by atoms with Crippen molar-refractivity contribution in [1.82, 2.24) is 0 Å². The highest BCUT2D eigenvalue weighted by atomic mass is 16.6. The number of azo groups is 1. The average Bonchev–Trinajstić information content (AvgIpc) is 2.45. The Morgan fingerprint density at radius 3 is 2.41 bits per heavy atom. The summed E-state index contributed by atoms with van der Waals surface area (Å²) in [6, 6.07) is 11.7. The van der Waals surface area contributed by atoms with Gasteiger partial charge in [-0.3, -0.25) is 14.9 Å². The number of benzene rings is 2. The standard InChI is InChI=1S/C15H14N4O3/c1-10-6-5-9-14(15(10)19(21)22)18-17-13-8-4-3-7-12(13)16-11(2)20/h3-9H,1-2H3,(H,16,20). The average molecular weight is 298 g/mol. The van der Waals surface area contributed by atoms with Crippen LogP contribution in [0.15, 0.2) is 52.7 Å². The number of nitro groups is 1. The van der Waals surface area contributed by atoms with Crippen LogP contribution < -0.4 is 5.32 Å². The molecular weight excluding hydrogens is 284 g/mol. The quantitative estimate of drug-likeness (QED) is 0.518. The fourth-order valence-electron chi connectivity index (χ4n) is 1.93. The van der Waals surface area contributed by atoms with Crippen molar-refractivity contribution >= 4 is 28.7 Å². The highest BCUT2D eigenvalue weighted by Gasteiger charge is 2.16. The summed E-state index contributed by atoms with van der Waals surface area (Å²) in [5.74, 6) is -0.232. The van der Waals surface area contributed by atoms with Crippen LogP contribution in [0.4, 0.5) is 22.7 Å². The molecule has 22 heavy (non-hydrogen) atoms. The van der Waals surface area contributed by atoms with Crippen molar-refractivity contribution in [3.8, 4) is 0 Å². The van der Waals surface area contributed by atoms with E-state index in [0.717, 1.165) is 0 Å². The predicted octanol–water partition coefficient (Wildman–Crippen LogP) is 4.28. The third kappa shape index (κ3) is 3.51. The number of nitro benzene ring substituents is 1. The van der Waals surface area contributed by atoms with Gasteiger partial charge in [-0.05, 0) is 25.1 Å². The molecule has 7 nitrogen and oxygen atoms in total. The molecule has 0 aliphatic carbocycles. The fourth-order valence-corrected chi connectivity index (χ4v) is 1.93. The van der Waals surface area contributed by atoms with Gasteiger partial charge in [-0.1, -0.05) is 24.3 Å². The summed E-state index contributed by atoms with van der Waals surface area (Å²) in [6.45, 7) is 3.03. The van der Waals surface area contributed by atoms with E-state index in [-0.39, 0.29) is 17.3 Å². The molecule has 112 valence electrons. The normalized spacial score (nSPS) is 10.6. The van der Waals surface area contributed by atoms with Crippen LogP contribution in [0, 0.1) is 17.0 Å². The number of hydrogen-bond acceptors (Lipinski definition) is 5. The Kier molecular flexibility index (Phi) is 4.57. The fraction of sp³-hybridized carbons (Fsp3) is 0.133. The van der Waals surface area contributed by atoms with E-state index in [1.165, 1.54) is 13.0 Å². The van der Waals surface area contributed by atoms with Crippen LogP contribution in [-0.4, -0.2) is 10.8 Å². The first-order valence-corrected chi connectivity index (χ1v) is 6.51. The Hall–Kier alpha value is -3.09. The van der Waals surface area contributed by atoms with Gasteiger partial charge < -0.3 is 5.32 Å². The number of para-hydroxylation sites is 2. The van der Waals surface area contributed by atoms with E-state index in [4.69, 9.17) is 0 Å². The number of nitrogens with one attached hydrogen (secondary N) is 1. The largest absolute Gasteiger partial charge is 0.324 e. The molecule has 0 radical (unpaired) electrons. The lowest BCUT2D eigenvalue weighted by Gasteiger charge is -2.04. The maximum Gasteiger partial charge on any atom is 0.299 e. The maximum atomic E-state index is 11.2. The number of amides is 1. The number of aryl methyl sites for hydroxylation is 1. The number of rotatable bonds is 4.